The second kappa shape index (κ2) is 12.5. The molecule has 1 aliphatic heterocycles. The fourth-order valence-corrected chi connectivity index (χ4v) is 6.24. The Morgan fingerprint density at radius 1 is 0.679 bits per heavy atom. The molecule has 0 saturated carbocycles. The fraction of sp³-hybridized carbons (Fsp3) is 0.225. The normalized spacial score (nSPS) is 14.0. The molecule has 0 fully saturated rings. The van der Waals surface area contributed by atoms with Crippen LogP contribution in [0.5, 0.6) is 5.75 Å². The SMILES string of the molecule is CC(C)(C)OC(=O)n1cccc1-c1ncc(-c2ccc3c(c2)O[C@@H](c2ccccc2)n2c(-c4cnc(-c5cccn5C(=O)OC(C)(C)C)[nH]4)cnc2-3)[nH]1. The number of carbonyl (C=O) groups is 2. The summed E-state index contributed by atoms with van der Waals surface area (Å²) < 4.78 is 22.9. The quantitative estimate of drug-likeness (QED) is 0.180. The van der Waals surface area contributed by atoms with Crippen molar-refractivity contribution in [2.75, 3.05) is 0 Å². The van der Waals surface area contributed by atoms with Gasteiger partial charge in [0.25, 0.3) is 0 Å². The fourth-order valence-electron chi connectivity index (χ4n) is 6.24. The molecule has 13 nitrogen and oxygen atoms in total. The van der Waals surface area contributed by atoms with E-state index < -0.39 is 29.6 Å². The minimum Gasteiger partial charge on any atom is -0.465 e. The number of H-pyrrole nitrogens is 2. The van der Waals surface area contributed by atoms with E-state index in [4.69, 9.17) is 19.2 Å². The summed E-state index contributed by atoms with van der Waals surface area (Å²) in [6, 6.07) is 23.0. The van der Waals surface area contributed by atoms with Gasteiger partial charge in [-0.15, -0.1) is 0 Å². The second-order valence-corrected chi connectivity index (χ2v) is 14.7. The minimum atomic E-state index is -0.648. The molecule has 2 N–H and O–H groups in total. The van der Waals surface area contributed by atoms with Gasteiger partial charge in [-0.2, -0.15) is 0 Å². The number of aromatic nitrogens is 8. The van der Waals surface area contributed by atoms with Crippen molar-refractivity contribution in [3.8, 4) is 62.8 Å². The predicted octanol–water partition coefficient (Wildman–Crippen LogP) is 8.77. The largest absolute Gasteiger partial charge is 0.465 e. The van der Waals surface area contributed by atoms with Crippen molar-refractivity contribution in [2.24, 2.45) is 0 Å². The number of hydrogen-bond donors (Lipinski definition) is 2. The molecular formula is C40H38N8O5. The molecule has 0 amide bonds. The topological polar surface area (TPSA) is 147 Å². The van der Waals surface area contributed by atoms with Crippen LogP contribution in [0.15, 0.2) is 104 Å². The number of nitrogens with zero attached hydrogens (tertiary/aromatic N) is 6. The van der Waals surface area contributed by atoms with Gasteiger partial charge in [0.05, 0.1) is 52.6 Å². The molecule has 0 saturated heterocycles. The first-order chi connectivity index (χ1) is 25.3. The molecule has 13 heteroatoms. The Labute approximate surface area is 305 Å². The van der Waals surface area contributed by atoms with Crippen LogP contribution in [-0.4, -0.2) is 62.0 Å². The Morgan fingerprint density at radius 2 is 1.26 bits per heavy atom. The van der Waals surface area contributed by atoms with Crippen LogP contribution in [0.1, 0.15) is 53.3 Å². The summed E-state index contributed by atoms with van der Waals surface area (Å²) in [6.45, 7) is 11.0. The highest BCUT2D eigenvalue weighted by atomic mass is 16.6. The van der Waals surface area contributed by atoms with E-state index in [1.807, 2.05) is 107 Å². The molecule has 2 aromatic carbocycles. The summed E-state index contributed by atoms with van der Waals surface area (Å²) in [5, 5.41) is 0. The first-order valence-electron chi connectivity index (χ1n) is 17.2. The summed E-state index contributed by atoms with van der Waals surface area (Å²) in [5.41, 5.74) is 4.64. The van der Waals surface area contributed by atoms with Crippen molar-refractivity contribution >= 4 is 12.2 Å². The number of fused-ring (bicyclic) bond motifs is 3. The molecule has 0 spiro atoms. The molecule has 268 valence electrons. The average Bonchev–Trinajstić information content (AvgIpc) is 3.95. The van der Waals surface area contributed by atoms with Gasteiger partial charge in [-0.3, -0.25) is 4.57 Å². The molecule has 53 heavy (non-hydrogen) atoms. The van der Waals surface area contributed by atoms with E-state index in [9.17, 15) is 9.59 Å². The van der Waals surface area contributed by atoms with E-state index >= 15 is 0 Å². The maximum atomic E-state index is 13.0. The van der Waals surface area contributed by atoms with Gasteiger partial charge < -0.3 is 24.2 Å². The Bertz CT molecular complexity index is 2470. The van der Waals surface area contributed by atoms with Crippen molar-refractivity contribution in [1.82, 2.24) is 38.6 Å². The molecule has 1 aliphatic rings. The molecular weight excluding hydrogens is 672 g/mol. The number of aromatic amines is 2. The number of nitrogens with one attached hydrogen (secondary N) is 2. The first kappa shape index (κ1) is 33.5. The van der Waals surface area contributed by atoms with Gasteiger partial charge in [-0.1, -0.05) is 36.4 Å². The van der Waals surface area contributed by atoms with Crippen molar-refractivity contribution in [3.63, 3.8) is 0 Å². The van der Waals surface area contributed by atoms with E-state index in [0.717, 1.165) is 33.9 Å². The van der Waals surface area contributed by atoms with E-state index in [2.05, 4.69) is 19.9 Å². The van der Waals surface area contributed by atoms with Gasteiger partial charge >= 0.3 is 12.2 Å². The van der Waals surface area contributed by atoms with Gasteiger partial charge in [0, 0.05) is 23.5 Å². The zero-order valence-corrected chi connectivity index (χ0v) is 30.1. The third-order valence-corrected chi connectivity index (χ3v) is 8.48. The summed E-state index contributed by atoms with van der Waals surface area (Å²) in [6.07, 6.45) is 7.03. The van der Waals surface area contributed by atoms with E-state index in [0.29, 0.717) is 34.5 Å². The number of hydrogen-bond acceptors (Lipinski definition) is 8. The van der Waals surface area contributed by atoms with E-state index in [1.54, 1.807) is 43.1 Å². The molecule has 0 aliphatic carbocycles. The lowest BCUT2D eigenvalue weighted by molar-refractivity contribution is 0.0528. The predicted molar refractivity (Wildman–Crippen MR) is 198 cm³/mol. The highest BCUT2D eigenvalue weighted by Gasteiger charge is 2.32. The standard InChI is InChI=1S/C40H38N8O5/c1-39(2,3)52-37(49)46-18-10-14-29(46)33-41-21-27(44-33)25-16-17-26-32(20-25)51-36(24-12-8-7-9-13-24)48-31(23-43-35(26)48)28-22-42-34(45-28)30-15-11-19-47(30)38(50)53-40(4,5)6/h7-23,36H,1-6H3,(H,41,44)(H,42,45)/t36-/m0/s1. The Hall–Kier alpha value is -6.63. The number of ether oxygens (including phenoxy) is 3. The van der Waals surface area contributed by atoms with Crippen molar-refractivity contribution in [2.45, 2.75) is 59.0 Å². The van der Waals surface area contributed by atoms with Crippen LogP contribution < -0.4 is 4.74 Å². The van der Waals surface area contributed by atoms with E-state index in [-0.39, 0.29) is 0 Å². The zero-order chi connectivity index (χ0) is 37.1. The van der Waals surface area contributed by atoms with Crippen molar-refractivity contribution in [1.29, 1.82) is 0 Å². The maximum Gasteiger partial charge on any atom is 0.419 e. The van der Waals surface area contributed by atoms with Crippen LogP contribution in [-0.2, 0) is 9.47 Å². The molecule has 8 rings (SSSR count). The Morgan fingerprint density at radius 3 is 1.87 bits per heavy atom. The zero-order valence-electron chi connectivity index (χ0n) is 30.1. The maximum absolute atomic E-state index is 13.0. The lowest BCUT2D eigenvalue weighted by Crippen LogP contribution is -2.27. The average molecular weight is 711 g/mol. The molecule has 0 unspecified atom stereocenters. The lowest BCUT2D eigenvalue weighted by atomic mass is 10.0. The van der Waals surface area contributed by atoms with Crippen LogP contribution in [0.4, 0.5) is 9.59 Å². The number of benzene rings is 2. The molecule has 1 atom stereocenters. The number of carbonyl (C=O) groups excluding carboxylic acids is 2. The third kappa shape index (κ3) is 6.41. The monoisotopic (exact) mass is 710 g/mol. The third-order valence-electron chi connectivity index (χ3n) is 8.48. The number of rotatable bonds is 5. The molecule has 6 heterocycles. The first-order valence-corrected chi connectivity index (χ1v) is 17.2. The smallest absolute Gasteiger partial charge is 0.419 e. The highest BCUT2D eigenvalue weighted by Crippen LogP contribution is 2.44. The Kier molecular flexibility index (Phi) is 7.93. The van der Waals surface area contributed by atoms with Gasteiger partial charge in [0.15, 0.2) is 11.6 Å². The van der Waals surface area contributed by atoms with Gasteiger partial charge in [0.2, 0.25) is 6.23 Å². The van der Waals surface area contributed by atoms with Gasteiger partial charge in [0.1, 0.15) is 22.8 Å². The molecule has 7 aromatic rings. The molecule has 5 aromatic heterocycles. The van der Waals surface area contributed by atoms with Crippen LogP contribution in [0.2, 0.25) is 0 Å². The summed E-state index contributed by atoms with van der Waals surface area (Å²) in [4.78, 5) is 46.7. The molecule has 0 bridgehead atoms. The van der Waals surface area contributed by atoms with Crippen LogP contribution in [0.3, 0.4) is 0 Å². The minimum absolute atomic E-state index is 0.485. The molecule has 0 radical (unpaired) electrons. The summed E-state index contributed by atoms with van der Waals surface area (Å²) in [5.74, 6) is 2.39. The summed E-state index contributed by atoms with van der Waals surface area (Å²) >= 11 is 0. The van der Waals surface area contributed by atoms with Crippen LogP contribution >= 0.6 is 0 Å². The van der Waals surface area contributed by atoms with Crippen LogP contribution in [0.25, 0.3) is 57.1 Å². The van der Waals surface area contributed by atoms with Crippen molar-refractivity contribution < 1.29 is 23.8 Å². The highest BCUT2D eigenvalue weighted by molar-refractivity contribution is 5.80. The Balaban J connectivity index is 1.14. The van der Waals surface area contributed by atoms with Crippen molar-refractivity contribution in [3.05, 3.63) is 109 Å². The van der Waals surface area contributed by atoms with Crippen LogP contribution in [0, 0.1) is 0 Å². The lowest BCUT2D eigenvalue weighted by Gasteiger charge is -2.30. The second-order valence-electron chi connectivity index (χ2n) is 14.7. The van der Waals surface area contributed by atoms with Gasteiger partial charge in [-0.25, -0.2) is 33.7 Å². The van der Waals surface area contributed by atoms with E-state index in [1.165, 1.54) is 9.13 Å². The van der Waals surface area contributed by atoms with Gasteiger partial charge in [-0.05, 0) is 77.9 Å². The number of imidazole rings is 3. The summed E-state index contributed by atoms with van der Waals surface area (Å²) in [7, 11) is 0.